The molecule has 1 aromatic heterocycles. The number of benzene rings is 4. The molecule has 0 bridgehead atoms. The number of fused-ring (bicyclic) bond motifs is 2. The number of nitrogens with zero attached hydrogens (tertiary/aromatic N) is 4. The smallest absolute Gasteiger partial charge is 0.347 e. The Hall–Kier alpha value is -5.94. The number of allylic oxidation sites excluding steroid dienone is 1. The Balaban J connectivity index is 1.29. The Bertz CT molecular complexity index is 2020. The fourth-order valence-electron chi connectivity index (χ4n) is 5.90. The first kappa shape index (κ1) is 31.1. The van der Waals surface area contributed by atoms with Gasteiger partial charge >= 0.3 is 12.1 Å². The number of aryl methyl sites for hydroxylation is 1. The molecule has 47 heavy (non-hydrogen) atoms. The third-order valence-electron chi connectivity index (χ3n) is 8.18. The SMILES string of the molecule is Cc1ccc(C=C/C=N\NC(=O)CN2C(=O)N(c3cccc4ccccc34)C(N(O)C(=O)Nc3cccc4ccccc34)C2(C)C)o1. The first-order chi connectivity index (χ1) is 22.6. The van der Waals surface area contributed by atoms with Gasteiger partial charge in [0.15, 0.2) is 6.17 Å². The number of carbonyl (C=O) groups is 3. The van der Waals surface area contributed by atoms with Gasteiger partial charge in [-0.1, -0.05) is 72.8 Å². The molecule has 11 heteroatoms. The quantitative estimate of drug-likeness (QED) is 0.0968. The lowest BCUT2D eigenvalue weighted by molar-refractivity contribution is -0.124. The lowest BCUT2D eigenvalue weighted by Gasteiger charge is -2.38. The van der Waals surface area contributed by atoms with Crippen LogP contribution in [-0.4, -0.2) is 57.6 Å². The van der Waals surface area contributed by atoms with E-state index >= 15 is 0 Å². The van der Waals surface area contributed by atoms with Crippen molar-refractivity contribution in [1.29, 1.82) is 0 Å². The minimum atomic E-state index is -1.25. The molecular weight excluding hydrogens is 596 g/mol. The average Bonchev–Trinajstić information content (AvgIpc) is 3.57. The molecule has 3 N–H and O–H groups in total. The standard InChI is InChI=1S/C36H34N6O5/c1-24-20-21-27(47-24)15-10-22-37-39-32(43)23-40-35(45)41(31-19-9-14-26-12-5-7-17-29(26)31)33(36(40,2)3)42(46)34(44)38-30-18-8-13-25-11-4-6-16-28(25)30/h4-22,33,46H,23H2,1-3H3,(H,38,44)(H,39,43)/b15-10?,37-22-. The van der Waals surface area contributed by atoms with E-state index in [9.17, 15) is 19.6 Å². The number of furan rings is 1. The highest BCUT2D eigenvalue weighted by Crippen LogP contribution is 2.40. The first-order valence-corrected chi connectivity index (χ1v) is 15.1. The molecule has 238 valence electrons. The highest BCUT2D eigenvalue weighted by atomic mass is 16.5. The summed E-state index contributed by atoms with van der Waals surface area (Å²) >= 11 is 0. The second-order valence-electron chi connectivity index (χ2n) is 11.7. The molecule has 1 aliphatic rings. The minimum absolute atomic E-state index is 0.388. The van der Waals surface area contributed by atoms with Crippen LogP contribution in [0.4, 0.5) is 21.0 Å². The van der Waals surface area contributed by atoms with E-state index in [1.165, 1.54) is 16.0 Å². The summed E-state index contributed by atoms with van der Waals surface area (Å²) in [6.07, 6.45) is 3.47. The average molecular weight is 631 g/mol. The molecule has 5 aromatic rings. The van der Waals surface area contributed by atoms with Gasteiger partial charge in [0, 0.05) is 17.0 Å². The number of hydrogen-bond donors (Lipinski definition) is 3. The van der Waals surface area contributed by atoms with Gasteiger partial charge in [-0.15, -0.1) is 0 Å². The zero-order valence-corrected chi connectivity index (χ0v) is 26.1. The monoisotopic (exact) mass is 630 g/mol. The molecule has 1 fully saturated rings. The maximum Gasteiger partial charge on any atom is 0.347 e. The topological polar surface area (TPSA) is 131 Å². The number of anilines is 2. The Morgan fingerprint density at radius 3 is 2.32 bits per heavy atom. The number of carbonyl (C=O) groups excluding carboxylic acids is 3. The predicted molar refractivity (Wildman–Crippen MR) is 182 cm³/mol. The van der Waals surface area contributed by atoms with Crippen molar-refractivity contribution in [1.82, 2.24) is 15.4 Å². The summed E-state index contributed by atoms with van der Waals surface area (Å²) < 4.78 is 5.47. The molecule has 1 aliphatic heterocycles. The summed E-state index contributed by atoms with van der Waals surface area (Å²) in [5, 5.41) is 22.2. The van der Waals surface area contributed by atoms with Crippen LogP contribution in [0.15, 0.2) is 113 Å². The normalized spacial score (nSPS) is 16.1. The minimum Gasteiger partial charge on any atom is -0.462 e. The van der Waals surface area contributed by atoms with Gasteiger partial charge in [0.05, 0.1) is 16.9 Å². The third-order valence-corrected chi connectivity index (χ3v) is 8.18. The Morgan fingerprint density at radius 1 is 0.936 bits per heavy atom. The Morgan fingerprint density at radius 2 is 1.60 bits per heavy atom. The van der Waals surface area contributed by atoms with Gasteiger partial charge in [-0.25, -0.2) is 15.0 Å². The van der Waals surface area contributed by atoms with Crippen molar-refractivity contribution >= 4 is 63.2 Å². The summed E-state index contributed by atoms with van der Waals surface area (Å²) in [5.41, 5.74) is 2.16. The van der Waals surface area contributed by atoms with Crippen molar-refractivity contribution in [3.05, 3.63) is 115 Å². The van der Waals surface area contributed by atoms with Crippen molar-refractivity contribution in [3.8, 4) is 0 Å². The Labute approximate surface area is 271 Å². The van der Waals surface area contributed by atoms with Crippen molar-refractivity contribution in [2.24, 2.45) is 5.10 Å². The van der Waals surface area contributed by atoms with Crippen LogP contribution < -0.4 is 15.6 Å². The number of rotatable bonds is 8. The molecule has 1 unspecified atom stereocenters. The fourth-order valence-corrected chi connectivity index (χ4v) is 5.90. The van der Waals surface area contributed by atoms with Gasteiger partial charge < -0.3 is 14.6 Å². The highest BCUT2D eigenvalue weighted by Gasteiger charge is 2.56. The number of urea groups is 2. The first-order valence-electron chi connectivity index (χ1n) is 15.1. The van der Waals surface area contributed by atoms with Gasteiger partial charge in [-0.3, -0.25) is 14.9 Å². The van der Waals surface area contributed by atoms with Crippen molar-refractivity contribution in [2.75, 3.05) is 16.8 Å². The van der Waals surface area contributed by atoms with Crippen molar-refractivity contribution in [2.45, 2.75) is 32.5 Å². The van der Waals surface area contributed by atoms with Crippen molar-refractivity contribution in [3.63, 3.8) is 0 Å². The number of hydroxylamine groups is 2. The number of hydrazone groups is 1. The molecule has 5 amide bonds. The summed E-state index contributed by atoms with van der Waals surface area (Å²) in [6, 6.07) is 28.2. The van der Waals surface area contributed by atoms with Crippen LogP contribution in [-0.2, 0) is 4.79 Å². The van der Waals surface area contributed by atoms with Crippen LogP contribution in [0.3, 0.4) is 0 Å². The second-order valence-corrected chi connectivity index (χ2v) is 11.7. The third kappa shape index (κ3) is 6.16. The van der Waals surface area contributed by atoms with E-state index in [-0.39, 0.29) is 6.54 Å². The van der Waals surface area contributed by atoms with E-state index in [1.54, 1.807) is 44.2 Å². The molecule has 0 spiro atoms. The number of nitrogens with one attached hydrogen (secondary N) is 2. The lowest BCUT2D eigenvalue weighted by Crippen LogP contribution is -2.58. The summed E-state index contributed by atoms with van der Waals surface area (Å²) in [5.74, 6) is 0.853. The molecule has 0 aliphatic carbocycles. The molecule has 1 saturated heterocycles. The van der Waals surface area contributed by atoms with E-state index in [0.29, 0.717) is 22.2 Å². The van der Waals surface area contributed by atoms with Gasteiger partial charge in [0.25, 0.3) is 5.91 Å². The highest BCUT2D eigenvalue weighted by molar-refractivity contribution is 6.07. The molecule has 1 atom stereocenters. The molecule has 4 aromatic carbocycles. The van der Waals surface area contributed by atoms with E-state index in [2.05, 4.69) is 15.8 Å². The van der Waals surface area contributed by atoms with Gasteiger partial charge in [0.2, 0.25) is 0 Å². The van der Waals surface area contributed by atoms with Crippen LogP contribution in [0.2, 0.25) is 0 Å². The molecule has 2 heterocycles. The Kier molecular flexibility index (Phi) is 8.47. The largest absolute Gasteiger partial charge is 0.462 e. The molecular formula is C36H34N6O5. The van der Waals surface area contributed by atoms with Gasteiger partial charge in [0.1, 0.15) is 18.1 Å². The maximum absolute atomic E-state index is 14.2. The molecule has 0 radical (unpaired) electrons. The molecule has 11 nitrogen and oxygen atoms in total. The lowest BCUT2D eigenvalue weighted by atomic mass is 9.99. The van der Waals surface area contributed by atoms with Crippen LogP contribution in [0.25, 0.3) is 27.6 Å². The van der Waals surface area contributed by atoms with Crippen LogP contribution in [0, 0.1) is 6.92 Å². The molecule has 0 saturated carbocycles. The maximum atomic E-state index is 14.2. The van der Waals surface area contributed by atoms with Gasteiger partial charge in [-0.05, 0) is 68.0 Å². The number of hydrogen-bond acceptors (Lipinski definition) is 6. The van der Waals surface area contributed by atoms with Crippen LogP contribution in [0.5, 0.6) is 0 Å². The summed E-state index contributed by atoms with van der Waals surface area (Å²) in [6.45, 7) is 4.84. The number of amides is 5. The zero-order valence-electron chi connectivity index (χ0n) is 26.1. The van der Waals surface area contributed by atoms with Gasteiger partial charge in [-0.2, -0.15) is 10.2 Å². The predicted octanol–water partition coefficient (Wildman–Crippen LogP) is 6.98. The van der Waals surface area contributed by atoms with Crippen LogP contribution >= 0.6 is 0 Å². The van der Waals surface area contributed by atoms with E-state index in [4.69, 9.17) is 4.42 Å². The summed E-state index contributed by atoms with van der Waals surface area (Å²) in [4.78, 5) is 43.7. The van der Waals surface area contributed by atoms with E-state index in [0.717, 1.165) is 27.3 Å². The van der Waals surface area contributed by atoms with E-state index < -0.39 is 29.7 Å². The zero-order chi connectivity index (χ0) is 33.1. The van der Waals surface area contributed by atoms with E-state index in [1.807, 2.05) is 85.8 Å². The fraction of sp³-hybridized carbons (Fsp3) is 0.167. The second kappa shape index (κ2) is 12.8. The summed E-state index contributed by atoms with van der Waals surface area (Å²) in [7, 11) is 0. The van der Waals surface area contributed by atoms with Crippen LogP contribution in [0.1, 0.15) is 25.4 Å². The molecule has 6 rings (SSSR count). The van der Waals surface area contributed by atoms with Crippen molar-refractivity contribution < 1.29 is 24.0 Å².